The quantitative estimate of drug-likeness (QED) is 0.824. The number of ether oxygens (including phenoxy) is 1. The zero-order valence-electron chi connectivity index (χ0n) is 10.8. The molecule has 1 heterocycles. The van der Waals surface area contributed by atoms with Crippen molar-refractivity contribution in [2.45, 2.75) is 13.5 Å². The minimum atomic E-state index is -0.988. The highest BCUT2D eigenvalue weighted by Gasteiger charge is 2.12. The number of aromatic carboxylic acids is 1. The van der Waals surface area contributed by atoms with Crippen molar-refractivity contribution in [1.29, 1.82) is 0 Å². The second-order valence-corrected chi connectivity index (χ2v) is 4.03. The van der Waals surface area contributed by atoms with E-state index in [-0.39, 0.29) is 17.9 Å². The number of benzene rings is 1. The van der Waals surface area contributed by atoms with E-state index in [1.165, 1.54) is 16.9 Å². The molecule has 7 nitrogen and oxygen atoms in total. The first-order valence-electron chi connectivity index (χ1n) is 5.99. The monoisotopic (exact) mass is 275 g/mol. The van der Waals surface area contributed by atoms with E-state index in [4.69, 9.17) is 9.84 Å². The number of carboxylic acids is 1. The van der Waals surface area contributed by atoms with Crippen molar-refractivity contribution < 1.29 is 19.4 Å². The average molecular weight is 275 g/mol. The smallest absolute Gasteiger partial charge is 0.360 e. The van der Waals surface area contributed by atoms with Crippen LogP contribution < -0.4 is 0 Å². The Morgan fingerprint density at radius 2 is 2.20 bits per heavy atom. The van der Waals surface area contributed by atoms with Crippen LogP contribution in [0.2, 0.25) is 0 Å². The van der Waals surface area contributed by atoms with Crippen molar-refractivity contribution in [1.82, 2.24) is 15.0 Å². The number of aromatic nitrogens is 3. The van der Waals surface area contributed by atoms with E-state index < -0.39 is 11.9 Å². The van der Waals surface area contributed by atoms with Gasteiger partial charge in [0.15, 0.2) is 5.69 Å². The molecule has 0 bridgehead atoms. The van der Waals surface area contributed by atoms with E-state index in [1.807, 2.05) is 0 Å². The lowest BCUT2D eigenvalue weighted by atomic mass is 10.1. The second kappa shape index (κ2) is 5.96. The largest absolute Gasteiger partial charge is 0.478 e. The summed E-state index contributed by atoms with van der Waals surface area (Å²) in [5.74, 6) is -1.52. The molecule has 1 aromatic carbocycles. The first kappa shape index (κ1) is 13.7. The number of carboxylic acid groups (broad SMARTS) is 1. The Bertz CT molecular complexity index is 636. The summed E-state index contributed by atoms with van der Waals surface area (Å²) in [5, 5.41) is 16.4. The predicted molar refractivity (Wildman–Crippen MR) is 68.5 cm³/mol. The summed E-state index contributed by atoms with van der Waals surface area (Å²) in [7, 11) is 0. The van der Waals surface area contributed by atoms with E-state index in [9.17, 15) is 9.59 Å². The summed E-state index contributed by atoms with van der Waals surface area (Å²) in [6.45, 7) is 2.31. The molecule has 1 aromatic heterocycles. The molecule has 0 saturated heterocycles. The van der Waals surface area contributed by atoms with Crippen LogP contribution in [0, 0.1) is 0 Å². The van der Waals surface area contributed by atoms with Crippen molar-refractivity contribution in [3.8, 4) is 0 Å². The van der Waals surface area contributed by atoms with E-state index in [2.05, 4.69) is 10.3 Å². The van der Waals surface area contributed by atoms with Crippen LogP contribution in [0.5, 0.6) is 0 Å². The fourth-order valence-electron chi connectivity index (χ4n) is 1.66. The Kier molecular flexibility index (Phi) is 4.09. The standard InChI is InChI=1S/C13H13N3O4/c1-2-20-13(19)11-8-16(15-14-11)7-9-4-3-5-10(6-9)12(17)18/h3-6,8H,2,7H2,1H3,(H,17,18). The van der Waals surface area contributed by atoms with Gasteiger partial charge in [0.2, 0.25) is 0 Å². The molecular weight excluding hydrogens is 262 g/mol. The van der Waals surface area contributed by atoms with Crippen molar-refractivity contribution >= 4 is 11.9 Å². The van der Waals surface area contributed by atoms with Gasteiger partial charge in [-0.05, 0) is 24.6 Å². The lowest BCUT2D eigenvalue weighted by molar-refractivity contribution is 0.0519. The minimum absolute atomic E-state index is 0.126. The molecule has 0 amide bonds. The zero-order chi connectivity index (χ0) is 14.5. The molecule has 0 unspecified atom stereocenters. The number of esters is 1. The van der Waals surface area contributed by atoms with Gasteiger partial charge in [0.25, 0.3) is 0 Å². The predicted octanol–water partition coefficient (Wildman–Crippen LogP) is 1.20. The van der Waals surface area contributed by atoms with Crippen LogP contribution in [0.15, 0.2) is 30.5 Å². The molecule has 1 N–H and O–H groups in total. The molecule has 0 aliphatic carbocycles. The summed E-state index contributed by atoms with van der Waals surface area (Å²) in [5.41, 5.74) is 1.08. The van der Waals surface area contributed by atoms with Crippen LogP contribution in [-0.4, -0.2) is 38.6 Å². The Labute approximate surface area is 114 Å². The number of carbonyl (C=O) groups excluding carboxylic acids is 1. The number of hydrogen-bond acceptors (Lipinski definition) is 5. The fraction of sp³-hybridized carbons (Fsp3) is 0.231. The second-order valence-electron chi connectivity index (χ2n) is 4.03. The van der Waals surface area contributed by atoms with E-state index in [1.54, 1.807) is 25.1 Å². The Morgan fingerprint density at radius 3 is 2.90 bits per heavy atom. The maximum Gasteiger partial charge on any atom is 0.360 e. The summed E-state index contributed by atoms with van der Waals surface area (Å²) >= 11 is 0. The molecule has 2 aromatic rings. The number of hydrogen-bond donors (Lipinski definition) is 1. The lowest BCUT2D eigenvalue weighted by Gasteiger charge is -2.02. The fourth-order valence-corrected chi connectivity index (χ4v) is 1.66. The molecule has 0 radical (unpaired) electrons. The molecule has 104 valence electrons. The Balaban J connectivity index is 2.12. The molecule has 0 fully saturated rings. The van der Waals surface area contributed by atoms with Crippen molar-refractivity contribution in [2.75, 3.05) is 6.61 Å². The number of nitrogens with zero attached hydrogens (tertiary/aromatic N) is 3. The summed E-state index contributed by atoms with van der Waals surface area (Å²) < 4.78 is 6.26. The summed E-state index contributed by atoms with van der Waals surface area (Å²) in [6, 6.07) is 6.49. The first-order chi connectivity index (χ1) is 9.60. The lowest BCUT2D eigenvalue weighted by Crippen LogP contribution is -2.05. The highest BCUT2D eigenvalue weighted by atomic mass is 16.5. The SMILES string of the molecule is CCOC(=O)c1cn(Cc2cccc(C(=O)O)c2)nn1. The van der Waals surface area contributed by atoms with Gasteiger partial charge in [0.1, 0.15) is 0 Å². The van der Waals surface area contributed by atoms with E-state index in [0.717, 1.165) is 5.56 Å². The molecule has 0 atom stereocenters. The third kappa shape index (κ3) is 3.19. The van der Waals surface area contributed by atoms with Crippen molar-refractivity contribution in [3.05, 3.63) is 47.3 Å². The van der Waals surface area contributed by atoms with Gasteiger partial charge in [-0.25, -0.2) is 14.3 Å². The average Bonchev–Trinajstić information content (AvgIpc) is 2.88. The van der Waals surface area contributed by atoms with Crippen LogP contribution in [-0.2, 0) is 11.3 Å². The third-order valence-electron chi connectivity index (χ3n) is 2.54. The van der Waals surface area contributed by atoms with E-state index in [0.29, 0.717) is 6.54 Å². The minimum Gasteiger partial charge on any atom is -0.478 e. The molecule has 7 heteroatoms. The molecule has 0 aliphatic heterocycles. The first-order valence-corrected chi connectivity index (χ1v) is 5.99. The maximum absolute atomic E-state index is 11.4. The molecule has 2 rings (SSSR count). The van der Waals surface area contributed by atoms with Crippen LogP contribution in [0.1, 0.15) is 33.3 Å². The maximum atomic E-state index is 11.4. The van der Waals surface area contributed by atoms with Gasteiger partial charge in [0.05, 0.1) is 24.9 Å². The number of rotatable bonds is 5. The molecular formula is C13H13N3O4. The van der Waals surface area contributed by atoms with Crippen LogP contribution in [0.25, 0.3) is 0 Å². The summed E-state index contributed by atoms with van der Waals surface area (Å²) in [6.07, 6.45) is 1.46. The van der Waals surface area contributed by atoms with Gasteiger partial charge in [-0.2, -0.15) is 0 Å². The zero-order valence-corrected chi connectivity index (χ0v) is 10.8. The van der Waals surface area contributed by atoms with Gasteiger partial charge < -0.3 is 9.84 Å². The van der Waals surface area contributed by atoms with Gasteiger partial charge >= 0.3 is 11.9 Å². The van der Waals surface area contributed by atoms with Crippen LogP contribution >= 0.6 is 0 Å². The highest BCUT2D eigenvalue weighted by molar-refractivity contribution is 5.87. The Morgan fingerprint density at radius 1 is 1.40 bits per heavy atom. The molecule has 20 heavy (non-hydrogen) atoms. The number of carbonyl (C=O) groups is 2. The molecule has 0 spiro atoms. The normalized spacial score (nSPS) is 10.2. The van der Waals surface area contributed by atoms with Crippen molar-refractivity contribution in [3.63, 3.8) is 0 Å². The molecule has 0 aliphatic rings. The highest BCUT2D eigenvalue weighted by Crippen LogP contribution is 2.07. The topological polar surface area (TPSA) is 94.3 Å². The van der Waals surface area contributed by atoms with Crippen LogP contribution in [0.3, 0.4) is 0 Å². The van der Waals surface area contributed by atoms with Gasteiger partial charge in [-0.15, -0.1) is 5.10 Å². The Hall–Kier alpha value is -2.70. The van der Waals surface area contributed by atoms with Gasteiger partial charge in [0, 0.05) is 0 Å². The van der Waals surface area contributed by atoms with E-state index >= 15 is 0 Å². The van der Waals surface area contributed by atoms with Gasteiger partial charge in [-0.1, -0.05) is 17.3 Å². The summed E-state index contributed by atoms with van der Waals surface area (Å²) in [4.78, 5) is 22.3. The van der Waals surface area contributed by atoms with Crippen molar-refractivity contribution in [2.24, 2.45) is 0 Å². The van der Waals surface area contributed by atoms with Crippen LogP contribution in [0.4, 0.5) is 0 Å². The molecule has 0 saturated carbocycles. The third-order valence-corrected chi connectivity index (χ3v) is 2.54. The van der Waals surface area contributed by atoms with Gasteiger partial charge in [-0.3, -0.25) is 0 Å².